The molecule has 0 atom stereocenters. The molecule has 2 aliphatic rings. The molecular formula is C29H29N5O4. The van der Waals surface area contributed by atoms with Crippen LogP contribution in [0.15, 0.2) is 78.0 Å². The summed E-state index contributed by atoms with van der Waals surface area (Å²) in [5.74, 6) is 0.989. The van der Waals surface area contributed by atoms with E-state index in [0.717, 1.165) is 49.0 Å². The van der Waals surface area contributed by atoms with Gasteiger partial charge in [0, 0.05) is 37.2 Å². The Hall–Kier alpha value is -4.37. The summed E-state index contributed by atoms with van der Waals surface area (Å²) >= 11 is 0. The summed E-state index contributed by atoms with van der Waals surface area (Å²) in [5.41, 5.74) is 3.54. The Morgan fingerprint density at radius 1 is 0.974 bits per heavy atom. The van der Waals surface area contributed by atoms with Gasteiger partial charge in [-0.2, -0.15) is 5.10 Å². The molecule has 1 amide bonds. The van der Waals surface area contributed by atoms with Gasteiger partial charge in [-0.25, -0.2) is 4.68 Å². The fraction of sp³-hybridized carbons (Fsp3) is 0.276. The molecular weight excluding hydrogens is 482 g/mol. The largest absolute Gasteiger partial charge is 0.454 e. The Bertz CT molecular complexity index is 1470. The van der Waals surface area contributed by atoms with E-state index in [0.29, 0.717) is 17.5 Å². The average molecular weight is 512 g/mol. The Balaban J connectivity index is 1.02. The number of fused-ring (bicyclic) bond motifs is 1. The monoisotopic (exact) mass is 511 g/mol. The maximum Gasteiger partial charge on any atom is 0.260 e. The van der Waals surface area contributed by atoms with Crippen LogP contribution >= 0.6 is 0 Å². The minimum absolute atomic E-state index is 0.0440. The van der Waals surface area contributed by atoms with E-state index in [1.165, 1.54) is 5.56 Å². The van der Waals surface area contributed by atoms with Crippen molar-refractivity contribution in [2.24, 2.45) is 0 Å². The van der Waals surface area contributed by atoms with Gasteiger partial charge in [-0.3, -0.25) is 9.59 Å². The summed E-state index contributed by atoms with van der Waals surface area (Å²) in [6, 6.07) is 17.9. The number of pyridine rings is 1. The summed E-state index contributed by atoms with van der Waals surface area (Å²) in [5, 5.41) is 11.0. The Morgan fingerprint density at radius 2 is 1.76 bits per heavy atom. The molecule has 1 aliphatic carbocycles. The number of carbonyl (C=O) groups is 1. The van der Waals surface area contributed by atoms with E-state index in [4.69, 9.17) is 9.47 Å². The highest BCUT2D eigenvalue weighted by Gasteiger charge is 2.24. The zero-order chi connectivity index (χ0) is 25.9. The fourth-order valence-corrected chi connectivity index (χ4v) is 5.05. The van der Waals surface area contributed by atoms with Gasteiger partial charge < -0.3 is 25.1 Å². The summed E-state index contributed by atoms with van der Waals surface area (Å²) in [6.07, 6.45) is 8.95. The number of nitrogens with zero attached hydrogens (tertiary/aromatic N) is 2. The molecule has 2 aromatic heterocycles. The normalized spacial score (nSPS) is 18.3. The van der Waals surface area contributed by atoms with E-state index in [2.05, 4.69) is 45.0 Å². The number of nitrogens with one attached hydrogen (secondary N) is 3. The van der Waals surface area contributed by atoms with E-state index < -0.39 is 5.56 Å². The molecule has 3 heterocycles. The highest BCUT2D eigenvalue weighted by atomic mass is 16.7. The van der Waals surface area contributed by atoms with Gasteiger partial charge in [0.15, 0.2) is 11.5 Å². The maximum absolute atomic E-state index is 13.0. The number of hydrogen-bond donors (Lipinski definition) is 3. The van der Waals surface area contributed by atoms with Crippen LogP contribution in [0.25, 0.3) is 16.8 Å². The van der Waals surface area contributed by atoms with Crippen molar-refractivity contribution in [2.45, 2.75) is 44.3 Å². The van der Waals surface area contributed by atoms with Crippen molar-refractivity contribution in [1.82, 2.24) is 25.4 Å². The summed E-state index contributed by atoms with van der Waals surface area (Å²) in [6.45, 7) is 0.985. The van der Waals surface area contributed by atoms with Crippen LogP contribution in [0.1, 0.15) is 41.6 Å². The van der Waals surface area contributed by atoms with Gasteiger partial charge in [0.05, 0.1) is 5.69 Å². The standard InChI is InChI=1S/C29H29N5O4/c35-28-25(14-21(17-31-28)20-4-11-26-27(15-20)38-18-37-26)29(36)33-23-7-5-22(6-8-23)30-16-19-2-9-24(10-3-19)34-13-1-12-32-34/h1-4,9-15,17,22-23,30H,5-8,16,18H2,(H,31,35)(H,33,36). The van der Waals surface area contributed by atoms with Gasteiger partial charge in [0.1, 0.15) is 5.56 Å². The molecule has 38 heavy (non-hydrogen) atoms. The minimum atomic E-state index is -0.402. The van der Waals surface area contributed by atoms with Crippen LogP contribution in [0.4, 0.5) is 0 Å². The third kappa shape index (κ3) is 5.19. The molecule has 0 unspecified atom stereocenters. The van der Waals surface area contributed by atoms with Crippen LogP contribution in [-0.2, 0) is 6.54 Å². The van der Waals surface area contributed by atoms with Crippen molar-refractivity contribution in [3.8, 4) is 28.3 Å². The quantitative estimate of drug-likeness (QED) is 0.348. The van der Waals surface area contributed by atoms with Gasteiger partial charge in [0.2, 0.25) is 6.79 Å². The van der Waals surface area contributed by atoms with E-state index in [-0.39, 0.29) is 24.3 Å². The number of hydrogen-bond acceptors (Lipinski definition) is 6. The summed E-state index contributed by atoms with van der Waals surface area (Å²) in [7, 11) is 0. The summed E-state index contributed by atoms with van der Waals surface area (Å²) in [4.78, 5) is 28.2. The minimum Gasteiger partial charge on any atom is -0.454 e. The molecule has 1 saturated carbocycles. The molecule has 0 radical (unpaired) electrons. The van der Waals surface area contributed by atoms with Crippen LogP contribution < -0.4 is 25.7 Å². The highest BCUT2D eigenvalue weighted by molar-refractivity contribution is 5.95. The van der Waals surface area contributed by atoms with Crippen LogP contribution in [0.2, 0.25) is 0 Å². The number of aromatic amines is 1. The van der Waals surface area contributed by atoms with Crippen molar-refractivity contribution in [3.63, 3.8) is 0 Å². The fourth-order valence-electron chi connectivity index (χ4n) is 5.05. The van der Waals surface area contributed by atoms with Crippen molar-refractivity contribution < 1.29 is 14.3 Å². The Kier molecular flexibility index (Phi) is 6.66. The lowest BCUT2D eigenvalue weighted by molar-refractivity contribution is 0.0922. The lowest BCUT2D eigenvalue weighted by Gasteiger charge is -2.29. The molecule has 9 heteroatoms. The second kappa shape index (κ2) is 10.5. The van der Waals surface area contributed by atoms with Crippen molar-refractivity contribution in [1.29, 1.82) is 0 Å². The first-order valence-corrected chi connectivity index (χ1v) is 12.9. The number of aromatic nitrogens is 3. The molecule has 1 aliphatic heterocycles. The van der Waals surface area contributed by atoms with E-state index in [1.54, 1.807) is 18.5 Å². The van der Waals surface area contributed by atoms with Gasteiger partial charge in [0.25, 0.3) is 11.5 Å². The maximum atomic E-state index is 13.0. The first kappa shape index (κ1) is 24.0. The first-order chi connectivity index (χ1) is 18.6. The van der Waals surface area contributed by atoms with Crippen LogP contribution in [-0.4, -0.2) is 39.5 Å². The topological polar surface area (TPSA) is 110 Å². The number of amides is 1. The van der Waals surface area contributed by atoms with Crippen LogP contribution in [0.5, 0.6) is 11.5 Å². The van der Waals surface area contributed by atoms with E-state index in [9.17, 15) is 9.59 Å². The molecule has 0 saturated heterocycles. The average Bonchev–Trinajstić information content (AvgIpc) is 3.65. The molecule has 9 nitrogen and oxygen atoms in total. The lowest BCUT2D eigenvalue weighted by atomic mass is 9.90. The molecule has 4 aromatic rings. The van der Waals surface area contributed by atoms with Gasteiger partial charge in [-0.15, -0.1) is 0 Å². The van der Waals surface area contributed by atoms with Crippen molar-refractivity contribution in [2.75, 3.05) is 6.79 Å². The SMILES string of the molecule is O=C(NC1CCC(NCc2ccc(-n3cccn3)cc2)CC1)c1cc(-c2ccc3c(c2)OCO3)c[nH]c1=O. The van der Waals surface area contributed by atoms with Crippen LogP contribution in [0.3, 0.4) is 0 Å². The number of H-pyrrole nitrogens is 1. The van der Waals surface area contributed by atoms with Crippen molar-refractivity contribution >= 4 is 5.91 Å². The third-order valence-electron chi connectivity index (χ3n) is 7.22. The third-order valence-corrected chi connectivity index (χ3v) is 7.22. The lowest BCUT2D eigenvalue weighted by Crippen LogP contribution is -2.43. The first-order valence-electron chi connectivity index (χ1n) is 12.9. The van der Waals surface area contributed by atoms with E-state index in [1.807, 2.05) is 35.1 Å². The second-order valence-electron chi connectivity index (χ2n) is 9.72. The second-order valence-corrected chi connectivity index (χ2v) is 9.72. The molecule has 6 rings (SSSR count). The number of benzene rings is 2. The number of carbonyl (C=O) groups excluding carboxylic acids is 1. The van der Waals surface area contributed by atoms with Gasteiger partial charge in [-0.05, 0) is 78.8 Å². The zero-order valence-electron chi connectivity index (χ0n) is 20.9. The molecule has 1 fully saturated rings. The number of ether oxygens (including phenoxy) is 2. The van der Waals surface area contributed by atoms with Crippen LogP contribution in [0, 0.1) is 0 Å². The Morgan fingerprint density at radius 3 is 2.55 bits per heavy atom. The highest BCUT2D eigenvalue weighted by Crippen LogP contribution is 2.35. The van der Waals surface area contributed by atoms with Crippen molar-refractivity contribution in [3.05, 3.63) is 94.7 Å². The molecule has 3 N–H and O–H groups in total. The molecule has 194 valence electrons. The van der Waals surface area contributed by atoms with E-state index >= 15 is 0 Å². The predicted molar refractivity (Wildman–Crippen MR) is 143 cm³/mol. The zero-order valence-corrected chi connectivity index (χ0v) is 20.9. The molecule has 0 bridgehead atoms. The molecule has 2 aromatic carbocycles. The van der Waals surface area contributed by atoms with Gasteiger partial charge in [-0.1, -0.05) is 18.2 Å². The smallest absolute Gasteiger partial charge is 0.260 e. The summed E-state index contributed by atoms with van der Waals surface area (Å²) < 4.78 is 12.7. The molecule has 0 spiro atoms. The van der Waals surface area contributed by atoms with Gasteiger partial charge >= 0.3 is 0 Å². The Labute approximate surface area is 219 Å². The predicted octanol–water partition coefficient (Wildman–Crippen LogP) is 3.79. The number of rotatable bonds is 7.